The van der Waals surface area contributed by atoms with Gasteiger partial charge in [0.25, 0.3) is 6.47 Å². The largest absolute Gasteiger partial charge is 0.683 e. The minimum absolute atomic E-state index is 0. The zero-order valence-corrected chi connectivity index (χ0v) is 23.7. The molecule has 1 heterocycles. The molecular formula is C21H28ClN3O3WY-2. The fraction of sp³-hybridized carbons (Fsp3) is 0.381. The number of nitrogens with one attached hydrogen (secondary N) is 1. The normalized spacial score (nSPS) is 11.7. The van der Waals surface area contributed by atoms with E-state index in [1.807, 2.05) is 30.3 Å². The van der Waals surface area contributed by atoms with Crippen molar-refractivity contribution in [3.63, 3.8) is 0 Å². The summed E-state index contributed by atoms with van der Waals surface area (Å²) in [5.41, 5.74) is 2.50. The number of hydrogen-bond acceptors (Lipinski definition) is 3. The van der Waals surface area contributed by atoms with Gasteiger partial charge in [0.15, 0.2) is 0 Å². The van der Waals surface area contributed by atoms with E-state index in [1.165, 1.54) is 19.3 Å². The van der Waals surface area contributed by atoms with Gasteiger partial charge >= 0.3 is 0 Å². The Bertz CT molecular complexity index is 695. The molecule has 2 aromatic carbocycles. The van der Waals surface area contributed by atoms with Gasteiger partial charge < -0.3 is 26.2 Å². The van der Waals surface area contributed by atoms with E-state index in [-0.39, 0.29) is 66.0 Å². The van der Waals surface area contributed by atoms with Gasteiger partial charge in [0, 0.05) is 70.2 Å². The number of carboxylic acid groups (broad SMARTS) is 1. The molecule has 0 aromatic heterocycles. The molecule has 6 nitrogen and oxygen atoms in total. The summed E-state index contributed by atoms with van der Waals surface area (Å²) in [5.74, 6) is 0.214. The molecule has 0 aliphatic carbocycles. The van der Waals surface area contributed by atoms with Crippen LogP contribution in [0.5, 0.6) is 5.75 Å². The van der Waals surface area contributed by atoms with Gasteiger partial charge in [-0.3, -0.25) is 4.79 Å². The topological polar surface area (TPSA) is 97.8 Å². The Labute approximate surface area is 223 Å². The molecule has 0 saturated carbocycles. The summed E-state index contributed by atoms with van der Waals surface area (Å²) >= 11 is 5.96. The summed E-state index contributed by atoms with van der Waals surface area (Å²) in [5, 5.41) is 29.0. The number of benzene rings is 2. The molecule has 0 unspecified atom stereocenters. The Balaban J connectivity index is 0. The number of carbonyl (C=O) groups is 1. The van der Waals surface area contributed by atoms with Crippen molar-refractivity contribution in [2.75, 3.05) is 25.0 Å². The molecule has 1 radical (unpaired) electrons. The molecule has 163 valence electrons. The van der Waals surface area contributed by atoms with Crippen LogP contribution >= 0.6 is 11.6 Å². The van der Waals surface area contributed by atoms with Crippen LogP contribution in [0.3, 0.4) is 0 Å². The summed E-state index contributed by atoms with van der Waals surface area (Å²) in [4.78, 5) is 8.36. The van der Waals surface area contributed by atoms with Crippen molar-refractivity contribution < 1.29 is 68.8 Å². The van der Waals surface area contributed by atoms with Crippen LogP contribution in [0, 0.1) is 0 Å². The van der Waals surface area contributed by atoms with Crippen molar-refractivity contribution in [3.8, 4) is 5.75 Å². The number of aromatic hydroxyl groups is 1. The van der Waals surface area contributed by atoms with Crippen molar-refractivity contribution in [2.24, 2.45) is 0 Å². The second kappa shape index (κ2) is 20.3. The maximum Gasteiger partial charge on any atom is 0.290 e. The van der Waals surface area contributed by atoms with Crippen molar-refractivity contribution in [2.45, 2.75) is 32.6 Å². The summed E-state index contributed by atoms with van der Waals surface area (Å²) < 4.78 is 0. The molecule has 0 atom stereocenters. The van der Waals surface area contributed by atoms with E-state index in [4.69, 9.17) is 21.5 Å². The van der Waals surface area contributed by atoms with Gasteiger partial charge in [-0.1, -0.05) is 50.3 Å². The molecule has 0 amide bonds. The molecular weight excluding hydrogens is 650 g/mol. The van der Waals surface area contributed by atoms with Crippen LogP contribution in [0.15, 0.2) is 42.5 Å². The Hall–Kier alpha value is -0.648. The Kier molecular flexibility index (Phi) is 21.3. The zero-order valence-electron chi connectivity index (χ0n) is 17.1. The van der Waals surface area contributed by atoms with Crippen LogP contribution in [-0.2, 0) is 58.6 Å². The molecule has 0 bridgehead atoms. The van der Waals surface area contributed by atoms with Crippen LogP contribution in [0.25, 0.3) is 10.6 Å². The Morgan fingerprint density at radius 1 is 1.17 bits per heavy atom. The second-order valence-electron chi connectivity index (χ2n) is 6.06. The molecule has 0 spiro atoms. The predicted octanol–water partition coefficient (Wildman–Crippen LogP) is 6.44. The number of nitrogens with zero attached hydrogens (tertiary/aromatic N) is 2. The Morgan fingerprint density at radius 3 is 2.33 bits per heavy atom. The number of hydrogen-bond donors (Lipinski definition) is 3. The van der Waals surface area contributed by atoms with Gasteiger partial charge in [-0.05, 0) is 36.4 Å². The minimum atomic E-state index is -0.250. The van der Waals surface area contributed by atoms with E-state index in [0.717, 1.165) is 43.1 Å². The number of phenolic OH excluding ortho intramolecular Hbond substituents is 1. The standard InChI is InChI=1S/C15H16ClN2O.C5H10N.CH2O2.W.Y/c1-2-8-17-15-10-13(19)6-7-14(15)18-12-5-3-4-11(16)9-12;1-2-4-6-5-3-1;2-1-3;;/h3-7,9-10,18-19H,2,8H2,1H3;1-5H2;1H,(H,2,3);;/q2*-1;;;. The SMILES string of the molecule is C1CC[N-]CC1.CCC[N-]c1cc(O)ccc1Nc1cccc(Cl)c1.O=CO.[W].[Y]. The van der Waals surface area contributed by atoms with Gasteiger partial charge in [0.05, 0.1) is 0 Å². The van der Waals surface area contributed by atoms with Crippen molar-refractivity contribution in [3.05, 3.63) is 58.1 Å². The number of anilines is 2. The molecule has 3 N–H and O–H groups in total. The van der Waals surface area contributed by atoms with Gasteiger partial charge in [-0.2, -0.15) is 0 Å². The summed E-state index contributed by atoms with van der Waals surface area (Å²) in [6, 6.07) is 12.6. The second-order valence-corrected chi connectivity index (χ2v) is 6.49. The van der Waals surface area contributed by atoms with Gasteiger partial charge in [0.1, 0.15) is 5.75 Å². The maximum absolute atomic E-state index is 9.54. The first-order valence-electron chi connectivity index (χ1n) is 9.35. The Morgan fingerprint density at radius 2 is 1.83 bits per heavy atom. The molecule has 2 aromatic rings. The van der Waals surface area contributed by atoms with Crippen LogP contribution < -0.4 is 5.32 Å². The number of rotatable bonds is 5. The van der Waals surface area contributed by atoms with Gasteiger partial charge in [-0.15, -0.1) is 25.3 Å². The minimum Gasteiger partial charge on any atom is -0.683 e. The molecule has 9 heteroatoms. The first kappa shape index (κ1) is 31.5. The summed E-state index contributed by atoms with van der Waals surface area (Å²) in [6.07, 6.45) is 5.04. The maximum atomic E-state index is 9.54. The van der Waals surface area contributed by atoms with Crippen molar-refractivity contribution >= 4 is 35.1 Å². The van der Waals surface area contributed by atoms with Gasteiger partial charge in [-0.25, -0.2) is 0 Å². The molecule has 1 aliphatic rings. The zero-order chi connectivity index (χ0) is 20.6. The van der Waals surface area contributed by atoms with Crippen molar-refractivity contribution in [1.82, 2.24) is 0 Å². The first-order valence-corrected chi connectivity index (χ1v) is 9.72. The van der Waals surface area contributed by atoms with Crippen LogP contribution in [0.1, 0.15) is 32.6 Å². The van der Waals surface area contributed by atoms with E-state index in [9.17, 15) is 5.11 Å². The average Bonchev–Trinajstić information content (AvgIpc) is 2.71. The van der Waals surface area contributed by atoms with Gasteiger partial charge in [0.2, 0.25) is 0 Å². The smallest absolute Gasteiger partial charge is 0.290 e. The molecule has 1 saturated heterocycles. The molecule has 1 aliphatic heterocycles. The van der Waals surface area contributed by atoms with E-state index in [1.54, 1.807) is 12.1 Å². The van der Waals surface area contributed by atoms with E-state index < -0.39 is 0 Å². The van der Waals surface area contributed by atoms with E-state index in [2.05, 4.69) is 22.9 Å². The monoisotopic (exact) mass is 678 g/mol. The van der Waals surface area contributed by atoms with E-state index in [0.29, 0.717) is 5.02 Å². The number of phenols is 1. The first-order chi connectivity index (χ1) is 13.6. The number of piperidine rings is 1. The molecule has 3 rings (SSSR count). The third kappa shape index (κ3) is 14.4. The quantitative estimate of drug-likeness (QED) is 0.251. The predicted molar refractivity (Wildman–Crippen MR) is 117 cm³/mol. The van der Waals surface area contributed by atoms with Crippen molar-refractivity contribution in [1.29, 1.82) is 0 Å². The van der Waals surface area contributed by atoms with Crippen LogP contribution in [0.4, 0.5) is 17.1 Å². The third-order valence-electron chi connectivity index (χ3n) is 3.72. The number of halogens is 1. The summed E-state index contributed by atoms with van der Waals surface area (Å²) in [7, 11) is 0. The molecule has 1 fully saturated rings. The third-order valence-corrected chi connectivity index (χ3v) is 3.96. The van der Waals surface area contributed by atoms with E-state index >= 15 is 0 Å². The fourth-order valence-corrected chi connectivity index (χ4v) is 2.64. The van der Waals surface area contributed by atoms with Crippen LogP contribution in [-0.4, -0.2) is 36.3 Å². The van der Waals surface area contributed by atoms with Crippen LogP contribution in [0.2, 0.25) is 5.02 Å². The fourth-order valence-electron chi connectivity index (χ4n) is 2.45. The molecule has 30 heavy (non-hydrogen) atoms. The summed E-state index contributed by atoms with van der Waals surface area (Å²) in [6.45, 7) is 4.80. The average molecular weight is 679 g/mol.